The molecule has 0 aliphatic carbocycles. The van der Waals surface area contributed by atoms with Crippen molar-refractivity contribution in [3.8, 4) is 11.5 Å². The van der Waals surface area contributed by atoms with Gasteiger partial charge in [-0.05, 0) is 79.9 Å². The van der Waals surface area contributed by atoms with Crippen LogP contribution >= 0.6 is 23.5 Å². The molecule has 0 heterocycles. The second-order valence-electron chi connectivity index (χ2n) is 9.51. The van der Waals surface area contributed by atoms with Gasteiger partial charge in [0.2, 0.25) is 0 Å². The standard InChI is InChI=1S/C30H41N3O2S2/c1-30(2,37-21-25-7-12-27(35-4)13-8-25)22-32-17-18-33-28-19-23(15-16-31)9-14-29(28)36-20-24-5-10-26(34-3)11-6-24/h5-14,19,32-33H,15-18,20-22,31H2,1-4H3. The summed E-state index contributed by atoms with van der Waals surface area (Å²) < 4.78 is 10.7. The maximum atomic E-state index is 5.81. The largest absolute Gasteiger partial charge is 0.497 e. The lowest BCUT2D eigenvalue weighted by molar-refractivity contribution is 0.414. The van der Waals surface area contributed by atoms with Crippen molar-refractivity contribution in [2.24, 2.45) is 5.73 Å². The van der Waals surface area contributed by atoms with Gasteiger partial charge in [-0.15, -0.1) is 23.5 Å². The molecule has 5 nitrogen and oxygen atoms in total. The molecule has 3 rings (SSSR count). The first kappa shape index (κ1) is 29.2. The molecule has 0 amide bonds. The fourth-order valence-electron chi connectivity index (χ4n) is 3.77. The van der Waals surface area contributed by atoms with Gasteiger partial charge < -0.3 is 25.8 Å². The SMILES string of the molecule is COc1ccc(CSc2ccc(CCN)cc2NCCNCC(C)(C)SCc2ccc(OC)cc2)cc1. The quantitative estimate of drug-likeness (QED) is 0.148. The van der Waals surface area contributed by atoms with Crippen LogP contribution < -0.4 is 25.8 Å². The highest BCUT2D eigenvalue weighted by molar-refractivity contribution is 7.99. The third-order valence-electron chi connectivity index (χ3n) is 5.99. The summed E-state index contributed by atoms with van der Waals surface area (Å²) >= 11 is 3.82. The number of anilines is 1. The number of nitrogens with one attached hydrogen (secondary N) is 2. The number of ether oxygens (including phenoxy) is 2. The molecule has 0 radical (unpaired) electrons. The van der Waals surface area contributed by atoms with Gasteiger partial charge in [0.25, 0.3) is 0 Å². The monoisotopic (exact) mass is 539 g/mol. The molecule has 0 aromatic heterocycles. The van der Waals surface area contributed by atoms with Crippen molar-refractivity contribution >= 4 is 29.2 Å². The molecule has 0 aliphatic rings. The molecule has 200 valence electrons. The molecule has 0 atom stereocenters. The van der Waals surface area contributed by atoms with Crippen LogP contribution in [0.25, 0.3) is 0 Å². The van der Waals surface area contributed by atoms with Crippen LogP contribution in [0.15, 0.2) is 71.6 Å². The molecular formula is C30H41N3O2S2. The van der Waals surface area contributed by atoms with Crippen LogP contribution in [0, 0.1) is 0 Å². The Kier molecular flexibility index (Phi) is 12.0. The second kappa shape index (κ2) is 15.2. The number of thioether (sulfide) groups is 2. The molecule has 0 unspecified atom stereocenters. The van der Waals surface area contributed by atoms with E-state index in [1.165, 1.54) is 27.3 Å². The zero-order chi connectivity index (χ0) is 26.5. The van der Waals surface area contributed by atoms with Crippen LogP contribution in [-0.4, -0.2) is 45.1 Å². The molecule has 37 heavy (non-hydrogen) atoms. The summed E-state index contributed by atoms with van der Waals surface area (Å²) in [4.78, 5) is 1.26. The van der Waals surface area contributed by atoms with Crippen LogP contribution in [0.5, 0.6) is 11.5 Å². The van der Waals surface area contributed by atoms with Gasteiger partial charge in [-0.1, -0.05) is 30.3 Å². The maximum absolute atomic E-state index is 5.81. The molecule has 0 bridgehead atoms. The predicted molar refractivity (Wildman–Crippen MR) is 161 cm³/mol. The van der Waals surface area contributed by atoms with Crippen LogP contribution in [0.4, 0.5) is 5.69 Å². The van der Waals surface area contributed by atoms with Gasteiger partial charge in [-0.3, -0.25) is 0 Å². The van der Waals surface area contributed by atoms with Crippen LogP contribution in [0.2, 0.25) is 0 Å². The first-order valence-electron chi connectivity index (χ1n) is 12.7. The van der Waals surface area contributed by atoms with Crippen LogP contribution in [-0.2, 0) is 17.9 Å². The van der Waals surface area contributed by atoms with Crippen molar-refractivity contribution in [3.63, 3.8) is 0 Å². The van der Waals surface area contributed by atoms with Gasteiger partial charge >= 0.3 is 0 Å². The van der Waals surface area contributed by atoms with Gasteiger partial charge in [-0.25, -0.2) is 0 Å². The molecule has 0 fully saturated rings. The average molecular weight is 540 g/mol. The molecule has 3 aromatic rings. The van der Waals surface area contributed by atoms with Crippen LogP contribution in [0.3, 0.4) is 0 Å². The summed E-state index contributed by atoms with van der Waals surface area (Å²) in [5.74, 6) is 3.68. The number of nitrogens with two attached hydrogens (primary N) is 1. The summed E-state index contributed by atoms with van der Waals surface area (Å²) in [6.45, 7) is 7.96. The van der Waals surface area contributed by atoms with E-state index < -0.39 is 0 Å². The van der Waals surface area contributed by atoms with Gasteiger partial charge in [0, 0.05) is 46.5 Å². The highest BCUT2D eigenvalue weighted by atomic mass is 32.2. The van der Waals surface area contributed by atoms with Crippen molar-refractivity contribution in [2.75, 3.05) is 45.7 Å². The van der Waals surface area contributed by atoms with Crippen molar-refractivity contribution in [1.82, 2.24) is 5.32 Å². The Hall–Kier alpha value is -2.32. The molecule has 7 heteroatoms. The zero-order valence-corrected chi connectivity index (χ0v) is 24.1. The highest BCUT2D eigenvalue weighted by Gasteiger charge is 2.18. The Morgan fingerprint density at radius 3 is 1.97 bits per heavy atom. The van der Waals surface area contributed by atoms with Crippen molar-refractivity contribution < 1.29 is 9.47 Å². The first-order chi connectivity index (χ1) is 17.9. The summed E-state index contributed by atoms with van der Waals surface area (Å²) in [6.07, 6.45) is 0.885. The molecule has 3 aromatic carbocycles. The van der Waals surface area contributed by atoms with E-state index in [2.05, 4.69) is 66.9 Å². The third kappa shape index (κ3) is 10.2. The average Bonchev–Trinajstić information content (AvgIpc) is 2.92. The minimum Gasteiger partial charge on any atom is -0.497 e. The Labute approximate surface area is 231 Å². The Morgan fingerprint density at radius 2 is 1.38 bits per heavy atom. The molecule has 0 saturated carbocycles. The minimum absolute atomic E-state index is 0.139. The van der Waals surface area contributed by atoms with E-state index >= 15 is 0 Å². The molecular weight excluding hydrogens is 498 g/mol. The lowest BCUT2D eigenvalue weighted by Crippen LogP contribution is -2.35. The summed E-state index contributed by atoms with van der Waals surface area (Å²) in [7, 11) is 3.40. The summed E-state index contributed by atoms with van der Waals surface area (Å²) in [5, 5.41) is 7.30. The zero-order valence-electron chi connectivity index (χ0n) is 22.5. The van der Waals surface area contributed by atoms with Crippen LogP contribution in [0.1, 0.15) is 30.5 Å². The van der Waals surface area contributed by atoms with E-state index in [0.29, 0.717) is 6.54 Å². The summed E-state index contributed by atoms with van der Waals surface area (Å²) in [6, 6.07) is 23.3. The minimum atomic E-state index is 0.139. The molecule has 0 spiro atoms. The van der Waals surface area contributed by atoms with E-state index in [0.717, 1.165) is 49.1 Å². The van der Waals surface area contributed by atoms with E-state index in [9.17, 15) is 0 Å². The Morgan fingerprint density at radius 1 is 0.784 bits per heavy atom. The Balaban J connectivity index is 1.47. The predicted octanol–water partition coefficient (Wildman–Crippen LogP) is 6.21. The molecule has 4 N–H and O–H groups in total. The Bertz CT molecular complexity index is 1070. The van der Waals surface area contributed by atoms with E-state index in [1.54, 1.807) is 14.2 Å². The fourth-order valence-corrected chi connectivity index (χ4v) is 5.69. The van der Waals surface area contributed by atoms with Gasteiger partial charge in [-0.2, -0.15) is 0 Å². The maximum Gasteiger partial charge on any atom is 0.118 e. The fraction of sp³-hybridized carbons (Fsp3) is 0.400. The van der Waals surface area contributed by atoms with Gasteiger partial charge in [0.05, 0.1) is 14.2 Å². The number of methoxy groups -OCH3 is 2. The number of hydrogen-bond acceptors (Lipinski definition) is 7. The lowest BCUT2D eigenvalue weighted by atomic mass is 10.1. The van der Waals surface area contributed by atoms with Crippen molar-refractivity contribution in [3.05, 3.63) is 83.4 Å². The van der Waals surface area contributed by atoms with E-state index in [-0.39, 0.29) is 4.75 Å². The van der Waals surface area contributed by atoms with Crippen molar-refractivity contribution in [2.45, 2.75) is 41.4 Å². The summed E-state index contributed by atoms with van der Waals surface area (Å²) in [5.41, 5.74) is 10.8. The number of benzene rings is 3. The smallest absolute Gasteiger partial charge is 0.118 e. The van der Waals surface area contributed by atoms with E-state index in [4.69, 9.17) is 15.2 Å². The topological polar surface area (TPSA) is 68.5 Å². The molecule has 0 aliphatic heterocycles. The third-order valence-corrected chi connectivity index (χ3v) is 8.54. The highest BCUT2D eigenvalue weighted by Crippen LogP contribution is 2.32. The van der Waals surface area contributed by atoms with E-state index in [1.807, 2.05) is 47.8 Å². The van der Waals surface area contributed by atoms with Gasteiger partial charge in [0.15, 0.2) is 0 Å². The van der Waals surface area contributed by atoms with Crippen molar-refractivity contribution in [1.29, 1.82) is 0 Å². The lowest BCUT2D eigenvalue weighted by Gasteiger charge is -2.25. The number of hydrogen-bond donors (Lipinski definition) is 3. The van der Waals surface area contributed by atoms with Gasteiger partial charge in [0.1, 0.15) is 11.5 Å². The number of rotatable bonds is 16. The second-order valence-corrected chi connectivity index (χ2v) is 12.2. The normalized spacial score (nSPS) is 11.4. The first-order valence-corrected chi connectivity index (χ1v) is 14.7. The molecule has 0 saturated heterocycles.